The lowest BCUT2D eigenvalue weighted by atomic mass is 10.1. The van der Waals surface area contributed by atoms with Crippen molar-refractivity contribution in [3.05, 3.63) is 24.2 Å². The SMILES string of the molecule is CCNC(c1ccco1)C(CC)OC. The quantitative estimate of drug-likeness (QED) is 0.760. The minimum absolute atomic E-state index is 0.157. The summed E-state index contributed by atoms with van der Waals surface area (Å²) in [5, 5.41) is 3.37. The van der Waals surface area contributed by atoms with Crippen molar-refractivity contribution in [2.45, 2.75) is 32.4 Å². The second-order valence-corrected chi connectivity index (χ2v) is 3.23. The molecule has 2 atom stereocenters. The van der Waals surface area contributed by atoms with Gasteiger partial charge in [-0.25, -0.2) is 0 Å². The Morgan fingerprint density at radius 1 is 1.50 bits per heavy atom. The Balaban J connectivity index is 2.72. The first-order valence-corrected chi connectivity index (χ1v) is 5.13. The molecule has 0 spiro atoms. The Morgan fingerprint density at radius 2 is 2.29 bits per heavy atom. The second-order valence-electron chi connectivity index (χ2n) is 3.23. The smallest absolute Gasteiger partial charge is 0.123 e. The Bertz CT molecular complexity index is 229. The van der Waals surface area contributed by atoms with Crippen molar-refractivity contribution >= 4 is 0 Å². The lowest BCUT2D eigenvalue weighted by Gasteiger charge is -2.23. The first kappa shape index (κ1) is 11.3. The molecule has 0 aliphatic rings. The fraction of sp³-hybridized carbons (Fsp3) is 0.636. The van der Waals surface area contributed by atoms with Gasteiger partial charge in [0.2, 0.25) is 0 Å². The summed E-state index contributed by atoms with van der Waals surface area (Å²) in [5.74, 6) is 0.945. The molecule has 0 saturated carbocycles. The molecule has 80 valence electrons. The van der Waals surface area contributed by atoms with Gasteiger partial charge in [-0.1, -0.05) is 13.8 Å². The summed E-state index contributed by atoms with van der Waals surface area (Å²) in [6.45, 7) is 5.10. The number of furan rings is 1. The van der Waals surface area contributed by atoms with Gasteiger partial charge in [-0.3, -0.25) is 0 Å². The molecule has 0 bridgehead atoms. The number of hydrogen-bond donors (Lipinski definition) is 1. The van der Waals surface area contributed by atoms with E-state index in [9.17, 15) is 0 Å². The highest BCUT2D eigenvalue weighted by Gasteiger charge is 2.22. The van der Waals surface area contributed by atoms with Crippen molar-refractivity contribution in [2.24, 2.45) is 0 Å². The average molecular weight is 197 g/mol. The predicted molar refractivity (Wildman–Crippen MR) is 56.2 cm³/mol. The van der Waals surface area contributed by atoms with Gasteiger partial charge in [-0.2, -0.15) is 0 Å². The van der Waals surface area contributed by atoms with Gasteiger partial charge >= 0.3 is 0 Å². The lowest BCUT2D eigenvalue weighted by molar-refractivity contribution is 0.0585. The molecule has 0 radical (unpaired) electrons. The summed E-state index contributed by atoms with van der Waals surface area (Å²) in [7, 11) is 1.74. The molecule has 2 unspecified atom stereocenters. The molecular weight excluding hydrogens is 178 g/mol. The molecule has 1 heterocycles. The molecule has 0 aromatic carbocycles. The van der Waals surface area contributed by atoms with E-state index in [-0.39, 0.29) is 12.1 Å². The normalized spacial score (nSPS) is 15.4. The van der Waals surface area contributed by atoms with E-state index in [1.165, 1.54) is 0 Å². The van der Waals surface area contributed by atoms with Crippen LogP contribution in [0.4, 0.5) is 0 Å². The Morgan fingerprint density at radius 3 is 2.71 bits per heavy atom. The molecule has 14 heavy (non-hydrogen) atoms. The van der Waals surface area contributed by atoms with Crippen molar-refractivity contribution in [3.8, 4) is 0 Å². The number of ether oxygens (including phenoxy) is 1. The van der Waals surface area contributed by atoms with Gasteiger partial charge < -0.3 is 14.5 Å². The van der Waals surface area contributed by atoms with Crippen LogP contribution in [0.25, 0.3) is 0 Å². The van der Waals surface area contributed by atoms with E-state index in [2.05, 4.69) is 19.2 Å². The summed E-state index contributed by atoms with van der Waals surface area (Å²) in [5.41, 5.74) is 0. The first-order chi connectivity index (χ1) is 6.83. The molecule has 3 nitrogen and oxygen atoms in total. The van der Waals surface area contributed by atoms with Crippen molar-refractivity contribution in [1.82, 2.24) is 5.32 Å². The van der Waals surface area contributed by atoms with E-state index in [4.69, 9.17) is 9.15 Å². The standard InChI is InChI=1S/C11H19NO2/c1-4-9(13-3)11(12-5-2)10-7-6-8-14-10/h6-9,11-12H,4-5H2,1-3H3. The average Bonchev–Trinajstić information content (AvgIpc) is 2.71. The highest BCUT2D eigenvalue weighted by Crippen LogP contribution is 2.21. The van der Waals surface area contributed by atoms with E-state index in [1.54, 1.807) is 13.4 Å². The zero-order valence-electron chi connectivity index (χ0n) is 9.12. The predicted octanol–water partition coefficient (Wildman–Crippen LogP) is 2.36. The first-order valence-electron chi connectivity index (χ1n) is 5.13. The fourth-order valence-electron chi connectivity index (χ4n) is 1.64. The highest BCUT2D eigenvalue weighted by molar-refractivity contribution is 5.06. The van der Waals surface area contributed by atoms with Crippen LogP contribution in [0.3, 0.4) is 0 Å². The monoisotopic (exact) mass is 197 g/mol. The van der Waals surface area contributed by atoms with Crippen LogP contribution < -0.4 is 5.32 Å². The van der Waals surface area contributed by atoms with E-state index in [0.717, 1.165) is 18.7 Å². The van der Waals surface area contributed by atoms with E-state index < -0.39 is 0 Å². The molecule has 0 fully saturated rings. The minimum Gasteiger partial charge on any atom is -0.468 e. The minimum atomic E-state index is 0.157. The maximum atomic E-state index is 5.42. The van der Waals surface area contributed by atoms with Crippen molar-refractivity contribution < 1.29 is 9.15 Å². The zero-order valence-corrected chi connectivity index (χ0v) is 9.12. The maximum Gasteiger partial charge on any atom is 0.123 e. The topological polar surface area (TPSA) is 34.4 Å². The highest BCUT2D eigenvalue weighted by atomic mass is 16.5. The number of methoxy groups -OCH3 is 1. The van der Waals surface area contributed by atoms with Crippen molar-refractivity contribution in [3.63, 3.8) is 0 Å². The molecule has 1 N–H and O–H groups in total. The van der Waals surface area contributed by atoms with Crippen LogP contribution in [-0.2, 0) is 4.74 Å². The van der Waals surface area contributed by atoms with Crippen LogP contribution in [0.1, 0.15) is 32.1 Å². The number of rotatable bonds is 6. The van der Waals surface area contributed by atoms with Crippen molar-refractivity contribution in [1.29, 1.82) is 0 Å². The second kappa shape index (κ2) is 5.83. The fourth-order valence-corrected chi connectivity index (χ4v) is 1.64. The van der Waals surface area contributed by atoms with Crippen LogP contribution in [0.15, 0.2) is 22.8 Å². The molecule has 1 aromatic heterocycles. The van der Waals surface area contributed by atoms with Gasteiger partial charge in [0, 0.05) is 7.11 Å². The largest absolute Gasteiger partial charge is 0.468 e. The van der Waals surface area contributed by atoms with E-state index in [0.29, 0.717) is 0 Å². The van der Waals surface area contributed by atoms with Crippen LogP contribution in [0, 0.1) is 0 Å². The summed E-state index contributed by atoms with van der Waals surface area (Å²) in [6, 6.07) is 4.04. The number of nitrogens with one attached hydrogen (secondary N) is 1. The third-order valence-corrected chi connectivity index (χ3v) is 2.35. The zero-order chi connectivity index (χ0) is 10.4. The Labute approximate surface area is 85.4 Å². The van der Waals surface area contributed by atoms with Crippen LogP contribution in [0.2, 0.25) is 0 Å². The Hall–Kier alpha value is -0.800. The molecular formula is C11H19NO2. The molecule has 0 aliphatic carbocycles. The van der Waals surface area contributed by atoms with Gasteiger partial charge in [0.05, 0.1) is 18.4 Å². The Kier molecular flexibility index (Phi) is 4.70. The maximum absolute atomic E-state index is 5.42. The van der Waals surface area contributed by atoms with Crippen LogP contribution in [0.5, 0.6) is 0 Å². The van der Waals surface area contributed by atoms with E-state index >= 15 is 0 Å². The summed E-state index contributed by atoms with van der Waals surface area (Å²) in [6.07, 6.45) is 2.83. The summed E-state index contributed by atoms with van der Waals surface area (Å²) >= 11 is 0. The number of likely N-dealkylation sites (N-methyl/N-ethyl adjacent to an activating group) is 1. The molecule has 1 aromatic rings. The molecule has 3 heteroatoms. The summed E-state index contributed by atoms with van der Waals surface area (Å²) in [4.78, 5) is 0. The number of hydrogen-bond acceptors (Lipinski definition) is 3. The summed E-state index contributed by atoms with van der Waals surface area (Å²) < 4.78 is 10.8. The van der Waals surface area contributed by atoms with Gasteiger partial charge in [0.15, 0.2) is 0 Å². The molecule has 0 amide bonds. The molecule has 0 saturated heterocycles. The van der Waals surface area contributed by atoms with Crippen LogP contribution >= 0.6 is 0 Å². The molecule has 0 aliphatic heterocycles. The molecule has 1 rings (SSSR count). The van der Waals surface area contributed by atoms with E-state index in [1.807, 2.05) is 12.1 Å². The van der Waals surface area contributed by atoms with Gasteiger partial charge in [-0.15, -0.1) is 0 Å². The third-order valence-electron chi connectivity index (χ3n) is 2.35. The lowest BCUT2D eigenvalue weighted by Crippen LogP contribution is -2.32. The third kappa shape index (κ3) is 2.59. The van der Waals surface area contributed by atoms with Crippen molar-refractivity contribution in [2.75, 3.05) is 13.7 Å². The van der Waals surface area contributed by atoms with Crippen LogP contribution in [-0.4, -0.2) is 19.8 Å². The van der Waals surface area contributed by atoms with Gasteiger partial charge in [0.1, 0.15) is 5.76 Å². The van der Waals surface area contributed by atoms with Gasteiger partial charge in [-0.05, 0) is 25.1 Å². The van der Waals surface area contributed by atoms with Gasteiger partial charge in [0.25, 0.3) is 0 Å².